The second kappa shape index (κ2) is 5.70. The smallest absolute Gasteiger partial charge is 0.317 e. The van der Waals surface area contributed by atoms with Gasteiger partial charge in [-0.25, -0.2) is 0 Å². The number of nitrogens with one attached hydrogen (secondary N) is 1. The van der Waals surface area contributed by atoms with E-state index in [-0.39, 0.29) is 18.5 Å². The summed E-state index contributed by atoms with van der Waals surface area (Å²) in [6.45, 7) is 3.44. The molecule has 5 heteroatoms. The summed E-state index contributed by atoms with van der Waals surface area (Å²) in [5, 5.41) is 11.5. The van der Waals surface area contributed by atoms with Crippen LogP contribution in [0.1, 0.15) is 26.2 Å². The third kappa shape index (κ3) is 4.29. The second-order valence-corrected chi connectivity index (χ2v) is 3.93. The Balaban J connectivity index is 2.24. The molecule has 1 atom stereocenters. The number of carbonyl (C=O) groups excluding carboxylic acids is 1. The van der Waals surface area contributed by atoms with Gasteiger partial charge in [-0.1, -0.05) is 6.92 Å². The molecule has 1 aliphatic heterocycles. The first-order valence-electron chi connectivity index (χ1n) is 5.35. The zero-order valence-electron chi connectivity index (χ0n) is 9.03. The lowest BCUT2D eigenvalue weighted by Crippen LogP contribution is -2.37. The van der Waals surface area contributed by atoms with Crippen LogP contribution in [0.15, 0.2) is 0 Å². The Morgan fingerprint density at radius 3 is 2.87 bits per heavy atom. The van der Waals surface area contributed by atoms with Gasteiger partial charge in [-0.05, 0) is 12.8 Å². The van der Waals surface area contributed by atoms with Gasteiger partial charge in [-0.15, -0.1) is 0 Å². The number of hydrogen-bond donors (Lipinski definition) is 2. The number of rotatable bonds is 5. The van der Waals surface area contributed by atoms with E-state index in [1.54, 1.807) is 0 Å². The summed E-state index contributed by atoms with van der Waals surface area (Å²) in [4.78, 5) is 23.6. The predicted molar refractivity (Wildman–Crippen MR) is 55.5 cm³/mol. The van der Waals surface area contributed by atoms with Crippen molar-refractivity contribution in [3.05, 3.63) is 0 Å². The first kappa shape index (κ1) is 12.0. The van der Waals surface area contributed by atoms with Crippen molar-refractivity contribution in [3.63, 3.8) is 0 Å². The van der Waals surface area contributed by atoms with E-state index in [1.165, 1.54) is 0 Å². The SMILES string of the molecule is CCCC(=O)NC1CCN(CC(=O)O)C1. The molecule has 15 heavy (non-hydrogen) atoms. The predicted octanol–water partition coefficient (Wildman–Crippen LogP) is 0.0616. The normalized spacial score (nSPS) is 21.5. The maximum atomic E-state index is 11.3. The number of carboxylic acid groups (broad SMARTS) is 1. The number of aliphatic carboxylic acids is 1. The molecule has 0 radical (unpaired) electrons. The monoisotopic (exact) mass is 214 g/mol. The van der Waals surface area contributed by atoms with E-state index in [9.17, 15) is 9.59 Å². The highest BCUT2D eigenvalue weighted by molar-refractivity contribution is 5.76. The lowest BCUT2D eigenvalue weighted by Gasteiger charge is -2.14. The molecule has 0 bridgehead atoms. The Bertz CT molecular complexity index is 243. The van der Waals surface area contributed by atoms with Crippen molar-refractivity contribution >= 4 is 11.9 Å². The molecular weight excluding hydrogens is 196 g/mol. The van der Waals surface area contributed by atoms with Crippen LogP contribution >= 0.6 is 0 Å². The Morgan fingerprint density at radius 1 is 1.53 bits per heavy atom. The number of likely N-dealkylation sites (tertiary alicyclic amines) is 1. The maximum Gasteiger partial charge on any atom is 0.317 e. The van der Waals surface area contributed by atoms with Crippen LogP contribution in [0.3, 0.4) is 0 Å². The van der Waals surface area contributed by atoms with Crippen LogP contribution in [0.5, 0.6) is 0 Å². The van der Waals surface area contributed by atoms with Crippen LogP contribution in [0.25, 0.3) is 0 Å². The molecular formula is C10H18N2O3. The van der Waals surface area contributed by atoms with Gasteiger partial charge in [0.2, 0.25) is 5.91 Å². The van der Waals surface area contributed by atoms with Crippen LogP contribution in [-0.2, 0) is 9.59 Å². The summed E-state index contributed by atoms with van der Waals surface area (Å²) < 4.78 is 0. The van der Waals surface area contributed by atoms with Crippen LogP contribution < -0.4 is 5.32 Å². The molecule has 1 heterocycles. The molecule has 86 valence electrons. The van der Waals surface area contributed by atoms with Crippen molar-refractivity contribution in [2.24, 2.45) is 0 Å². The highest BCUT2D eigenvalue weighted by Crippen LogP contribution is 2.08. The zero-order valence-corrected chi connectivity index (χ0v) is 9.03. The number of nitrogens with zero attached hydrogens (tertiary/aromatic N) is 1. The van der Waals surface area contributed by atoms with Gasteiger partial charge < -0.3 is 10.4 Å². The van der Waals surface area contributed by atoms with Crippen molar-refractivity contribution in [2.45, 2.75) is 32.2 Å². The molecule has 0 aromatic heterocycles. The van der Waals surface area contributed by atoms with Gasteiger partial charge in [0.1, 0.15) is 0 Å². The first-order chi connectivity index (χ1) is 7.11. The standard InChI is InChI=1S/C10H18N2O3/c1-2-3-9(13)11-8-4-5-12(6-8)7-10(14)15/h8H,2-7H2,1H3,(H,11,13)(H,14,15). The first-order valence-corrected chi connectivity index (χ1v) is 5.35. The van der Waals surface area contributed by atoms with Crippen LogP contribution in [0.2, 0.25) is 0 Å². The van der Waals surface area contributed by atoms with Gasteiger partial charge in [-0.2, -0.15) is 0 Å². The van der Waals surface area contributed by atoms with Gasteiger partial charge in [0.05, 0.1) is 6.54 Å². The third-order valence-electron chi connectivity index (χ3n) is 2.47. The van der Waals surface area contributed by atoms with Crippen molar-refractivity contribution in [3.8, 4) is 0 Å². The molecule has 1 aliphatic rings. The average Bonchev–Trinajstić information content (AvgIpc) is 2.51. The van der Waals surface area contributed by atoms with Crippen molar-refractivity contribution in [2.75, 3.05) is 19.6 Å². The maximum absolute atomic E-state index is 11.3. The lowest BCUT2D eigenvalue weighted by molar-refractivity contribution is -0.138. The average molecular weight is 214 g/mol. The number of carbonyl (C=O) groups is 2. The Labute approximate surface area is 89.4 Å². The topological polar surface area (TPSA) is 69.6 Å². The van der Waals surface area contributed by atoms with Crippen LogP contribution in [0.4, 0.5) is 0 Å². The zero-order chi connectivity index (χ0) is 11.3. The fourth-order valence-electron chi connectivity index (χ4n) is 1.81. The minimum Gasteiger partial charge on any atom is -0.480 e. The minimum absolute atomic E-state index is 0.0691. The molecule has 1 amide bonds. The van der Waals surface area contributed by atoms with Crippen LogP contribution in [-0.4, -0.2) is 47.6 Å². The molecule has 0 aromatic rings. The molecule has 2 N–H and O–H groups in total. The van der Waals surface area contributed by atoms with E-state index in [0.717, 1.165) is 19.4 Å². The van der Waals surface area contributed by atoms with Crippen molar-refractivity contribution in [1.29, 1.82) is 0 Å². The van der Waals surface area contributed by atoms with E-state index in [1.807, 2.05) is 11.8 Å². The van der Waals surface area contributed by atoms with Gasteiger partial charge >= 0.3 is 5.97 Å². The Hall–Kier alpha value is -1.10. The van der Waals surface area contributed by atoms with E-state index in [0.29, 0.717) is 13.0 Å². The van der Waals surface area contributed by atoms with Crippen molar-refractivity contribution in [1.82, 2.24) is 10.2 Å². The quantitative estimate of drug-likeness (QED) is 0.679. The minimum atomic E-state index is -0.810. The van der Waals surface area contributed by atoms with Gasteiger partial charge in [0.15, 0.2) is 0 Å². The summed E-state index contributed by atoms with van der Waals surface area (Å²) in [6.07, 6.45) is 2.25. The van der Waals surface area contributed by atoms with Gasteiger partial charge in [0, 0.05) is 25.6 Å². The molecule has 0 saturated carbocycles. The number of amides is 1. The fraction of sp³-hybridized carbons (Fsp3) is 0.800. The summed E-state index contributed by atoms with van der Waals surface area (Å²) in [5.41, 5.74) is 0. The second-order valence-electron chi connectivity index (χ2n) is 3.93. The van der Waals surface area contributed by atoms with E-state index in [2.05, 4.69) is 5.32 Å². The molecule has 0 aromatic carbocycles. The lowest BCUT2D eigenvalue weighted by atomic mass is 10.2. The van der Waals surface area contributed by atoms with Gasteiger partial charge in [0.25, 0.3) is 0 Å². The van der Waals surface area contributed by atoms with Crippen molar-refractivity contribution < 1.29 is 14.7 Å². The van der Waals surface area contributed by atoms with E-state index >= 15 is 0 Å². The van der Waals surface area contributed by atoms with Gasteiger partial charge in [-0.3, -0.25) is 14.5 Å². The van der Waals surface area contributed by atoms with E-state index < -0.39 is 5.97 Å². The largest absolute Gasteiger partial charge is 0.480 e. The Kier molecular flexibility index (Phi) is 4.55. The summed E-state index contributed by atoms with van der Waals surface area (Å²) in [7, 11) is 0. The summed E-state index contributed by atoms with van der Waals surface area (Å²) in [6, 6.07) is 0.128. The summed E-state index contributed by atoms with van der Waals surface area (Å²) >= 11 is 0. The molecule has 1 fully saturated rings. The number of carboxylic acids is 1. The highest BCUT2D eigenvalue weighted by atomic mass is 16.4. The highest BCUT2D eigenvalue weighted by Gasteiger charge is 2.24. The molecule has 0 aliphatic carbocycles. The molecule has 5 nitrogen and oxygen atoms in total. The molecule has 1 saturated heterocycles. The third-order valence-corrected chi connectivity index (χ3v) is 2.47. The van der Waals surface area contributed by atoms with E-state index in [4.69, 9.17) is 5.11 Å². The Morgan fingerprint density at radius 2 is 2.27 bits per heavy atom. The fourth-order valence-corrected chi connectivity index (χ4v) is 1.81. The number of hydrogen-bond acceptors (Lipinski definition) is 3. The molecule has 1 rings (SSSR count). The summed E-state index contributed by atoms with van der Waals surface area (Å²) in [5.74, 6) is -0.741. The molecule has 0 spiro atoms. The molecule has 1 unspecified atom stereocenters. The van der Waals surface area contributed by atoms with Crippen LogP contribution in [0, 0.1) is 0 Å².